The zero-order chi connectivity index (χ0) is 12.3. The summed E-state index contributed by atoms with van der Waals surface area (Å²) < 4.78 is 0. The first-order chi connectivity index (χ1) is 8.38. The minimum absolute atomic E-state index is 0.224. The number of nitriles is 1. The van der Waals surface area contributed by atoms with Crippen LogP contribution < -0.4 is 4.90 Å². The van der Waals surface area contributed by atoms with Gasteiger partial charge in [0.1, 0.15) is 0 Å². The van der Waals surface area contributed by atoms with Crippen LogP contribution in [0, 0.1) is 11.3 Å². The van der Waals surface area contributed by atoms with Crippen LogP contribution in [0.25, 0.3) is 0 Å². The third-order valence-electron chi connectivity index (χ3n) is 2.67. The number of anilines is 1. The number of rotatable bonds is 8. The molecule has 0 saturated carbocycles. The molecule has 0 heterocycles. The molecule has 3 nitrogen and oxygen atoms in total. The molecule has 92 valence electrons. The molecule has 0 unspecified atom stereocenters. The molecule has 0 aromatic heterocycles. The van der Waals surface area contributed by atoms with E-state index in [0.717, 1.165) is 32.4 Å². The van der Waals surface area contributed by atoms with Gasteiger partial charge in [-0.2, -0.15) is 5.26 Å². The van der Waals surface area contributed by atoms with Crippen molar-refractivity contribution in [2.45, 2.75) is 25.7 Å². The number of nitrogens with zero attached hydrogens (tertiary/aromatic N) is 2. The van der Waals surface area contributed by atoms with Crippen LogP contribution >= 0.6 is 0 Å². The second-order valence-corrected chi connectivity index (χ2v) is 4.01. The zero-order valence-electron chi connectivity index (χ0n) is 10.2. The molecule has 0 saturated heterocycles. The Kier molecular flexibility index (Phi) is 6.85. The van der Waals surface area contributed by atoms with Gasteiger partial charge < -0.3 is 10.0 Å². The second kappa shape index (κ2) is 8.60. The van der Waals surface area contributed by atoms with Gasteiger partial charge in [0.2, 0.25) is 0 Å². The van der Waals surface area contributed by atoms with E-state index in [4.69, 9.17) is 10.4 Å². The van der Waals surface area contributed by atoms with E-state index in [9.17, 15) is 0 Å². The molecular weight excluding hydrogens is 212 g/mol. The molecule has 0 radical (unpaired) electrons. The summed E-state index contributed by atoms with van der Waals surface area (Å²) in [4.78, 5) is 2.27. The molecule has 0 aliphatic carbocycles. The first kappa shape index (κ1) is 13.5. The summed E-state index contributed by atoms with van der Waals surface area (Å²) in [5, 5.41) is 17.4. The Hall–Kier alpha value is -1.53. The topological polar surface area (TPSA) is 47.3 Å². The van der Waals surface area contributed by atoms with Gasteiger partial charge in [0.25, 0.3) is 0 Å². The molecule has 3 heteroatoms. The molecule has 0 amide bonds. The lowest BCUT2D eigenvalue weighted by molar-refractivity contribution is 0.289. The molecule has 1 N–H and O–H groups in total. The molecule has 1 aromatic carbocycles. The van der Waals surface area contributed by atoms with Crippen LogP contribution in [0.2, 0.25) is 0 Å². The van der Waals surface area contributed by atoms with Gasteiger partial charge in [0.15, 0.2) is 0 Å². The van der Waals surface area contributed by atoms with Crippen molar-refractivity contribution < 1.29 is 5.11 Å². The summed E-state index contributed by atoms with van der Waals surface area (Å²) in [5.41, 5.74) is 1.19. The van der Waals surface area contributed by atoms with E-state index in [1.165, 1.54) is 5.69 Å². The van der Waals surface area contributed by atoms with Crippen molar-refractivity contribution in [2.24, 2.45) is 0 Å². The number of hydrogen-bond donors (Lipinski definition) is 1. The summed E-state index contributed by atoms with van der Waals surface area (Å²) in [6, 6.07) is 12.4. The number of aliphatic hydroxyl groups excluding tert-OH is 1. The molecule has 0 fully saturated rings. The van der Waals surface area contributed by atoms with Gasteiger partial charge in [-0.3, -0.25) is 0 Å². The minimum atomic E-state index is 0.224. The highest BCUT2D eigenvalue weighted by atomic mass is 16.3. The Labute approximate surface area is 103 Å². The number of unbranched alkanes of at least 4 members (excludes halogenated alkanes) is 2. The molecule has 1 aromatic rings. The SMILES string of the molecule is N#CCCCCN(CCCO)c1ccccc1. The summed E-state index contributed by atoms with van der Waals surface area (Å²) in [5.74, 6) is 0. The predicted octanol–water partition coefficient (Wildman–Crippen LogP) is 2.57. The van der Waals surface area contributed by atoms with E-state index in [1.807, 2.05) is 18.2 Å². The monoisotopic (exact) mass is 232 g/mol. The van der Waals surface area contributed by atoms with Crippen LogP contribution in [0.3, 0.4) is 0 Å². The Balaban J connectivity index is 2.46. The van der Waals surface area contributed by atoms with Crippen molar-refractivity contribution >= 4 is 5.69 Å². The van der Waals surface area contributed by atoms with Crippen LogP contribution in [0.5, 0.6) is 0 Å². The van der Waals surface area contributed by atoms with Crippen LogP contribution in [0.4, 0.5) is 5.69 Å². The first-order valence-corrected chi connectivity index (χ1v) is 6.16. The van der Waals surface area contributed by atoms with Crippen molar-refractivity contribution in [1.29, 1.82) is 5.26 Å². The van der Waals surface area contributed by atoms with Crippen LogP contribution in [0.1, 0.15) is 25.7 Å². The molecule has 17 heavy (non-hydrogen) atoms. The number of aliphatic hydroxyl groups is 1. The van der Waals surface area contributed by atoms with Gasteiger partial charge in [-0.05, 0) is 31.4 Å². The summed E-state index contributed by atoms with van der Waals surface area (Å²) >= 11 is 0. The second-order valence-electron chi connectivity index (χ2n) is 4.01. The van der Waals surface area contributed by atoms with Crippen LogP contribution in [-0.2, 0) is 0 Å². The fourth-order valence-corrected chi connectivity index (χ4v) is 1.78. The average Bonchev–Trinajstić information content (AvgIpc) is 2.39. The smallest absolute Gasteiger partial charge is 0.0621 e. The van der Waals surface area contributed by atoms with Gasteiger partial charge in [-0.15, -0.1) is 0 Å². The first-order valence-electron chi connectivity index (χ1n) is 6.16. The number of para-hydroxylation sites is 1. The lowest BCUT2D eigenvalue weighted by Gasteiger charge is -2.24. The maximum absolute atomic E-state index is 8.90. The van der Waals surface area contributed by atoms with Gasteiger partial charge in [-0.25, -0.2) is 0 Å². The van der Waals surface area contributed by atoms with E-state index in [-0.39, 0.29) is 6.61 Å². The maximum atomic E-state index is 8.90. The van der Waals surface area contributed by atoms with Gasteiger partial charge in [-0.1, -0.05) is 18.2 Å². The average molecular weight is 232 g/mol. The molecular formula is C14H20N2O. The molecule has 1 rings (SSSR count). The number of benzene rings is 1. The van der Waals surface area contributed by atoms with E-state index in [0.29, 0.717) is 6.42 Å². The Morgan fingerprint density at radius 1 is 1.06 bits per heavy atom. The largest absolute Gasteiger partial charge is 0.396 e. The van der Waals surface area contributed by atoms with Crippen molar-refractivity contribution in [2.75, 3.05) is 24.6 Å². The third kappa shape index (κ3) is 5.37. The van der Waals surface area contributed by atoms with E-state index in [1.54, 1.807) is 0 Å². The molecule has 0 bridgehead atoms. The zero-order valence-corrected chi connectivity index (χ0v) is 10.2. The van der Waals surface area contributed by atoms with Gasteiger partial charge in [0, 0.05) is 31.8 Å². The molecule has 0 aliphatic rings. The minimum Gasteiger partial charge on any atom is -0.396 e. The molecule has 0 atom stereocenters. The maximum Gasteiger partial charge on any atom is 0.0621 e. The lowest BCUT2D eigenvalue weighted by atomic mass is 10.2. The fourth-order valence-electron chi connectivity index (χ4n) is 1.78. The van der Waals surface area contributed by atoms with Crippen LogP contribution in [-0.4, -0.2) is 24.8 Å². The Bertz CT molecular complexity index is 332. The lowest BCUT2D eigenvalue weighted by Crippen LogP contribution is -2.26. The highest BCUT2D eigenvalue weighted by Crippen LogP contribution is 2.14. The van der Waals surface area contributed by atoms with Crippen molar-refractivity contribution in [3.8, 4) is 6.07 Å². The van der Waals surface area contributed by atoms with E-state index >= 15 is 0 Å². The van der Waals surface area contributed by atoms with Crippen molar-refractivity contribution in [1.82, 2.24) is 0 Å². The van der Waals surface area contributed by atoms with Gasteiger partial charge >= 0.3 is 0 Å². The van der Waals surface area contributed by atoms with Crippen molar-refractivity contribution in [3.63, 3.8) is 0 Å². The standard InChI is InChI=1S/C14H20N2O/c15-10-5-2-6-11-16(12-7-13-17)14-8-3-1-4-9-14/h1,3-4,8-9,17H,2,5-7,11-13H2. The number of hydrogen-bond acceptors (Lipinski definition) is 3. The molecule has 0 spiro atoms. The highest BCUT2D eigenvalue weighted by molar-refractivity contribution is 5.45. The Morgan fingerprint density at radius 3 is 2.41 bits per heavy atom. The van der Waals surface area contributed by atoms with E-state index < -0.39 is 0 Å². The van der Waals surface area contributed by atoms with E-state index in [2.05, 4.69) is 23.1 Å². The van der Waals surface area contributed by atoms with Crippen molar-refractivity contribution in [3.05, 3.63) is 30.3 Å². The highest BCUT2D eigenvalue weighted by Gasteiger charge is 2.04. The normalized spacial score (nSPS) is 9.88. The summed E-state index contributed by atoms with van der Waals surface area (Å²) in [6.07, 6.45) is 3.38. The summed E-state index contributed by atoms with van der Waals surface area (Å²) in [6.45, 7) is 2.04. The quantitative estimate of drug-likeness (QED) is 0.701. The van der Waals surface area contributed by atoms with Gasteiger partial charge in [0.05, 0.1) is 6.07 Å². The molecule has 0 aliphatic heterocycles. The Morgan fingerprint density at radius 2 is 1.76 bits per heavy atom. The van der Waals surface area contributed by atoms with Crippen LogP contribution in [0.15, 0.2) is 30.3 Å². The third-order valence-corrected chi connectivity index (χ3v) is 2.67. The summed E-state index contributed by atoms with van der Waals surface area (Å²) in [7, 11) is 0. The predicted molar refractivity (Wildman–Crippen MR) is 69.8 cm³/mol. The fraction of sp³-hybridized carbons (Fsp3) is 0.500.